The average Bonchev–Trinajstić information content (AvgIpc) is 2.52. The molecule has 110 valence electrons. The van der Waals surface area contributed by atoms with Gasteiger partial charge in [0.1, 0.15) is 0 Å². The normalized spacial score (nSPS) is 11.9. The van der Waals surface area contributed by atoms with Crippen LogP contribution in [-0.4, -0.2) is 17.4 Å². The van der Waals surface area contributed by atoms with Crippen molar-refractivity contribution in [3.05, 3.63) is 64.4 Å². The summed E-state index contributed by atoms with van der Waals surface area (Å²) in [6, 6.07) is 11.9. The Bertz CT molecular complexity index is 589. The molecule has 1 amide bonds. The number of benzene rings is 1. The van der Waals surface area contributed by atoms with Crippen LogP contribution in [0.3, 0.4) is 0 Å². The van der Waals surface area contributed by atoms with Gasteiger partial charge in [0.25, 0.3) is 0 Å². The molecule has 2 N–H and O–H groups in total. The van der Waals surface area contributed by atoms with E-state index in [1.54, 1.807) is 12.4 Å². The van der Waals surface area contributed by atoms with Crippen molar-refractivity contribution in [1.82, 2.24) is 15.6 Å². The van der Waals surface area contributed by atoms with E-state index in [4.69, 9.17) is 0 Å². The molecule has 1 atom stereocenters. The zero-order valence-corrected chi connectivity index (χ0v) is 13.4. The second kappa shape index (κ2) is 7.90. The van der Waals surface area contributed by atoms with Crippen molar-refractivity contribution in [2.45, 2.75) is 19.5 Å². The Morgan fingerprint density at radius 2 is 2.10 bits per heavy atom. The number of nitrogens with one attached hydrogen (secondary N) is 2. The van der Waals surface area contributed by atoms with Crippen molar-refractivity contribution in [3.8, 4) is 0 Å². The van der Waals surface area contributed by atoms with E-state index in [0.29, 0.717) is 6.54 Å². The van der Waals surface area contributed by atoms with Gasteiger partial charge in [0.15, 0.2) is 0 Å². The molecular weight excluding hydrogens is 330 g/mol. The summed E-state index contributed by atoms with van der Waals surface area (Å²) in [7, 11) is 0. The van der Waals surface area contributed by atoms with Crippen molar-refractivity contribution >= 4 is 21.8 Å². The maximum Gasteiger partial charge on any atom is 0.234 e. The van der Waals surface area contributed by atoms with Crippen LogP contribution in [0.1, 0.15) is 24.1 Å². The summed E-state index contributed by atoms with van der Waals surface area (Å²) in [5, 5.41) is 6.09. The third kappa shape index (κ3) is 4.95. The minimum atomic E-state index is -0.0299. The number of hydrogen-bond acceptors (Lipinski definition) is 3. The number of carbonyl (C=O) groups is 1. The van der Waals surface area contributed by atoms with Gasteiger partial charge in [0, 0.05) is 29.5 Å². The van der Waals surface area contributed by atoms with E-state index in [0.717, 1.165) is 15.6 Å². The Balaban J connectivity index is 1.77. The molecule has 2 aromatic rings. The monoisotopic (exact) mass is 347 g/mol. The van der Waals surface area contributed by atoms with E-state index >= 15 is 0 Å². The average molecular weight is 348 g/mol. The van der Waals surface area contributed by atoms with Gasteiger partial charge in [-0.2, -0.15) is 0 Å². The summed E-state index contributed by atoms with van der Waals surface area (Å²) < 4.78 is 1.04. The van der Waals surface area contributed by atoms with E-state index in [1.165, 1.54) is 0 Å². The molecule has 1 heterocycles. The van der Waals surface area contributed by atoms with Gasteiger partial charge >= 0.3 is 0 Å². The Labute approximate surface area is 133 Å². The number of amides is 1. The summed E-state index contributed by atoms with van der Waals surface area (Å²) in [5.41, 5.74) is 2.13. The molecule has 0 saturated heterocycles. The molecule has 0 radical (unpaired) electrons. The summed E-state index contributed by atoms with van der Waals surface area (Å²) in [6.07, 6.45) is 3.46. The first-order chi connectivity index (χ1) is 10.2. The number of nitrogens with zero attached hydrogens (tertiary/aromatic N) is 1. The Kier molecular flexibility index (Phi) is 5.90. The van der Waals surface area contributed by atoms with E-state index in [9.17, 15) is 4.79 Å². The second-order valence-corrected chi connectivity index (χ2v) is 5.62. The SMILES string of the molecule is C[C@@H](NCC(=O)NCc1cccnc1)c1ccccc1Br. The predicted octanol–water partition coefficient (Wildman–Crippen LogP) is 2.81. The fraction of sp³-hybridized carbons (Fsp3) is 0.250. The smallest absolute Gasteiger partial charge is 0.234 e. The number of aromatic nitrogens is 1. The van der Waals surface area contributed by atoms with Crippen LogP contribution in [0.25, 0.3) is 0 Å². The lowest BCUT2D eigenvalue weighted by atomic mass is 10.1. The zero-order chi connectivity index (χ0) is 15.1. The maximum atomic E-state index is 11.8. The summed E-state index contributed by atoms with van der Waals surface area (Å²) in [4.78, 5) is 15.8. The van der Waals surface area contributed by atoms with Crippen LogP contribution in [0.2, 0.25) is 0 Å². The minimum Gasteiger partial charge on any atom is -0.351 e. The van der Waals surface area contributed by atoms with Gasteiger partial charge in [-0.1, -0.05) is 40.2 Å². The lowest BCUT2D eigenvalue weighted by Gasteiger charge is -2.15. The molecule has 5 heteroatoms. The van der Waals surface area contributed by atoms with Gasteiger partial charge in [-0.25, -0.2) is 0 Å². The number of hydrogen-bond donors (Lipinski definition) is 2. The van der Waals surface area contributed by atoms with E-state index < -0.39 is 0 Å². The Hall–Kier alpha value is -1.72. The van der Waals surface area contributed by atoms with Crippen LogP contribution in [0.4, 0.5) is 0 Å². The fourth-order valence-electron chi connectivity index (χ4n) is 1.95. The van der Waals surface area contributed by atoms with Crippen molar-refractivity contribution in [2.24, 2.45) is 0 Å². The zero-order valence-electron chi connectivity index (χ0n) is 11.8. The van der Waals surface area contributed by atoms with Crippen molar-refractivity contribution in [3.63, 3.8) is 0 Å². The van der Waals surface area contributed by atoms with Gasteiger partial charge in [-0.15, -0.1) is 0 Å². The topological polar surface area (TPSA) is 54.0 Å². The van der Waals surface area contributed by atoms with Gasteiger partial charge in [0.2, 0.25) is 5.91 Å². The molecule has 21 heavy (non-hydrogen) atoms. The van der Waals surface area contributed by atoms with Crippen LogP contribution in [0.5, 0.6) is 0 Å². The molecule has 0 spiro atoms. The highest BCUT2D eigenvalue weighted by Gasteiger charge is 2.10. The predicted molar refractivity (Wildman–Crippen MR) is 86.6 cm³/mol. The van der Waals surface area contributed by atoms with E-state index in [-0.39, 0.29) is 18.5 Å². The fourth-order valence-corrected chi connectivity index (χ4v) is 2.58. The first-order valence-corrected chi connectivity index (χ1v) is 7.59. The molecule has 0 fully saturated rings. The molecule has 0 aliphatic heterocycles. The highest BCUT2D eigenvalue weighted by Crippen LogP contribution is 2.22. The first-order valence-electron chi connectivity index (χ1n) is 6.80. The van der Waals surface area contributed by atoms with Gasteiger partial charge in [-0.3, -0.25) is 9.78 Å². The lowest BCUT2D eigenvalue weighted by molar-refractivity contribution is -0.120. The molecular formula is C16H18BrN3O. The number of halogens is 1. The molecule has 0 unspecified atom stereocenters. The summed E-state index contributed by atoms with van der Waals surface area (Å²) >= 11 is 3.52. The molecule has 0 aliphatic carbocycles. The molecule has 0 bridgehead atoms. The third-order valence-electron chi connectivity index (χ3n) is 3.15. The van der Waals surface area contributed by atoms with Crippen LogP contribution in [-0.2, 0) is 11.3 Å². The summed E-state index contributed by atoms with van der Waals surface area (Å²) in [5.74, 6) is -0.0299. The molecule has 4 nitrogen and oxygen atoms in total. The van der Waals surface area contributed by atoms with Crippen LogP contribution in [0, 0.1) is 0 Å². The largest absolute Gasteiger partial charge is 0.351 e. The molecule has 2 rings (SSSR count). The van der Waals surface area contributed by atoms with Gasteiger partial charge in [0.05, 0.1) is 6.54 Å². The van der Waals surface area contributed by atoms with E-state index in [2.05, 4.69) is 31.5 Å². The molecule has 1 aromatic carbocycles. The highest BCUT2D eigenvalue weighted by molar-refractivity contribution is 9.10. The standard InChI is InChI=1S/C16H18BrN3O/c1-12(14-6-2-3-7-15(14)17)19-11-16(21)20-10-13-5-4-8-18-9-13/h2-9,12,19H,10-11H2,1H3,(H,20,21)/t12-/m1/s1. The summed E-state index contributed by atoms with van der Waals surface area (Å²) in [6.45, 7) is 2.81. The Morgan fingerprint density at radius 1 is 1.29 bits per heavy atom. The van der Waals surface area contributed by atoms with E-state index in [1.807, 2.05) is 43.3 Å². The quantitative estimate of drug-likeness (QED) is 0.844. The molecule has 1 aromatic heterocycles. The minimum absolute atomic E-state index is 0.0299. The van der Waals surface area contributed by atoms with Crippen LogP contribution < -0.4 is 10.6 Å². The van der Waals surface area contributed by atoms with Gasteiger partial charge in [-0.05, 0) is 30.2 Å². The first kappa shape index (κ1) is 15.7. The van der Waals surface area contributed by atoms with Crippen molar-refractivity contribution in [1.29, 1.82) is 0 Å². The van der Waals surface area contributed by atoms with Crippen molar-refractivity contribution < 1.29 is 4.79 Å². The maximum absolute atomic E-state index is 11.8. The van der Waals surface area contributed by atoms with Crippen LogP contribution >= 0.6 is 15.9 Å². The lowest BCUT2D eigenvalue weighted by Crippen LogP contribution is -2.34. The van der Waals surface area contributed by atoms with Crippen LogP contribution in [0.15, 0.2) is 53.3 Å². The number of carbonyl (C=O) groups excluding carboxylic acids is 1. The number of rotatable bonds is 6. The second-order valence-electron chi connectivity index (χ2n) is 4.76. The highest BCUT2D eigenvalue weighted by atomic mass is 79.9. The van der Waals surface area contributed by atoms with Crippen molar-refractivity contribution in [2.75, 3.05) is 6.54 Å². The third-order valence-corrected chi connectivity index (χ3v) is 3.88. The molecule has 0 aliphatic rings. The number of pyridine rings is 1. The molecule has 0 saturated carbocycles. The van der Waals surface area contributed by atoms with Gasteiger partial charge < -0.3 is 10.6 Å². The Morgan fingerprint density at radius 3 is 2.81 bits per heavy atom.